The molecule has 0 saturated heterocycles. The van der Waals surface area contributed by atoms with Gasteiger partial charge in [-0.15, -0.1) is 0 Å². The average molecular weight is 1070 g/mol. The normalized spacial score (nSPS) is 14.1. The smallest absolute Gasteiger partial charge is 0.456 e. The Labute approximate surface area is 464 Å². The van der Waals surface area contributed by atoms with Gasteiger partial charge in [0.25, 0.3) is 0 Å². The van der Waals surface area contributed by atoms with Crippen LogP contribution in [0.25, 0.3) is 0 Å². The molecule has 3 unspecified atom stereocenters. The molecule has 438 valence electrons. The van der Waals surface area contributed by atoms with Gasteiger partial charge in [-0.1, -0.05) is 249 Å². The van der Waals surface area contributed by atoms with Crippen LogP contribution in [0.15, 0.2) is 60.8 Å². The Morgan fingerprint density at radius 2 is 0.853 bits per heavy atom. The number of phosphoric ester groups is 1. The van der Waals surface area contributed by atoms with Crippen molar-refractivity contribution in [3.8, 4) is 0 Å². The fraction of sp³-hybridized carbons (Fsp3) is 0.815. The molecule has 75 heavy (non-hydrogen) atoms. The van der Waals surface area contributed by atoms with Gasteiger partial charge in [0.1, 0.15) is 19.3 Å². The summed E-state index contributed by atoms with van der Waals surface area (Å²) in [6.45, 7) is 6.89. The standard InChI is InChI=1S/C65H121N2O7P/c1-7-10-13-16-19-22-25-28-30-31-32-33-34-35-36-37-38-40-43-46-49-52-55-58-65(69)74-63(56-53-50-47-44-41-27-24-21-18-15-12-9-3)62(61-73-75(70,71)72-60-59-67(4,5)6)66-64(68)57-54-51-48-45-42-39-29-26-23-20-17-14-11-8-2/h11,14,20,23,28-30,39,53,56,62-63H,7-10,12-13,15-19,21-22,24-27,31-38,40-52,54-55,57-61H2,1-6H3,(H-,66,68,70,71)/p+1/b14-11+,23-20+,30-28+,39-29+,56-53-. The molecule has 0 aromatic rings. The van der Waals surface area contributed by atoms with Crippen molar-refractivity contribution in [1.82, 2.24) is 5.32 Å². The van der Waals surface area contributed by atoms with Gasteiger partial charge in [0.15, 0.2) is 0 Å². The molecule has 0 radical (unpaired) electrons. The van der Waals surface area contributed by atoms with Crippen LogP contribution in [-0.2, 0) is 27.9 Å². The maximum atomic E-state index is 13.5. The summed E-state index contributed by atoms with van der Waals surface area (Å²) in [5.74, 6) is -0.525. The van der Waals surface area contributed by atoms with E-state index in [0.29, 0.717) is 17.4 Å². The van der Waals surface area contributed by atoms with Crippen molar-refractivity contribution in [3.63, 3.8) is 0 Å². The molecule has 1 amide bonds. The zero-order chi connectivity index (χ0) is 55.0. The number of rotatable bonds is 57. The molecule has 0 aromatic heterocycles. The zero-order valence-corrected chi connectivity index (χ0v) is 50.9. The summed E-state index contributed by atoms with van der Waals surface area (Å²) < 4.78 is 30.7. The van der Waals surface area contributed by atoms with E-state index >= 15 is 0 Å². The number of quaternary nitrogens is 1. The Hall–Kier alpha value is -2.29. The number of carbonyl (C=O) groups excluding carboxylic acids is 2. The second-order valence-electron chi connectivity index (χ2n) is 22.5. The first kappa shape index (κ1) is 72.7. The molecule has 0 rings (SSSR count). The fourth-order valence-corrected chi connectivity index (χ4v) is 9.80. The second kappa shape index (κ2) is 55.0. The molecule has 0 saturated carbocycles. The monoisotopic (exact) mass is 1070 g/mol. The number of carbonyl (C=O) groups is 2. The van der Waals surface area contributed by atoms with E-state index in [1.165, 1.54) is 167 Å². The molecule has 3 atom stereocenters. The van der Waals surface area contributed by atoms with Crippen molar-refractivity contribution in [3.05, 3.63) is 60.8 Å². The van der Waals surface area contributed by atoms with Crippen LogP contribution in [0, 0.1) is 0 Å². The van der Waals surface area contributed by atoms with Crippen molar-refractivity contribution in [2.75, 3.05) is 40.9 Å². The number of nitrogens with zero attached hydrogens (tertiary/aromatic N) is 1. The Morgan fingerprint density at radius 3 is 1.29 bits per heavy atom. The summed E-state index contributed by atoms with van der Waals surface area (Å²) in [6.07, 6.45) is 69.4. The van der Waals surface area contributed by atoms with Crippen molar-refractivity contribution >= 4 is 19.7 Å². The van der Waals surface area contributed by atoms with Gasteiger partial charge in [0.2, 0.25) is 5.91 Å². The largest absolute Gasteiger partial charge is 0.472 e. The third-order valence-electron chi connectivity index (χ3n) is 13.9. The van der Waals surface area contributed by atoms with Crippen molar-refractivity contribution in [1.29, 1.82) is 0 Å². The van der Waals surface area contributed by atoms with E-state index in [1.54, 1.807) is 0 Å². The summed E-state index contributed by atoms with van der Waals surface area (Å²) >= 11 is 0. The number of esters is 1. The van der Waals surface area contributed by atoms with Gasteiger partial charge in [0, 0.05) is 12.8 Å². The number of hydrogen-bond acceptors (Lipinski definition) is 6. The van der Waals surface area contributed by atoms with Crippen LogP contribution in [0.2, 0.25) is 0 Å². The molecule has 0 aliphatic heterocycles. The number of amides is 1. The predicted molar refractivity (Wildman–Crippen MR) is 323 cm³/mol. The number of unbranched alkanes of at least 4 members (excludes halogenated alkanes) is 33. The summed E-state index contributed by atoms with van der Waals surface area (Å²) in [6, 6.07) is -0.860. The van der Waals surface area contributed by atoms with Gasteiger partial charge in [-0.25, -0.2) is 4.57 Å². The van der Waals surface area contributed by atoms with Crippen LogP contribution in [0.5, 0.6) is 0 Å². The van der Waals surface area contributed by atoms with Gasteiger partial charge in [-0.05, 0) is 89.5 Å². The lowest BCUT2D eigenvalue weighted by Crippen LogP contribution is -2.47. The molecule has 2 N–H and O–H groups in total. The quantitative estimate of drug-likeness (QED) is 0.0205. The second-order valence-corrected chi connectivity index (χ2v) is 24.0. The van der Waals surface area contributed by atoms with E-state index in [9.17, 15) is 19.0 Å². The molecule has 0 aliphatic rings. The Morgan fingerprint density at radius 1 is 0.480 bits per heavy atom. The Bertz CT molecular complexity index is 1470. The highest BCUT2D eigenvalue weighted by Gasteiger charge is 2.30. The van der Waals surface area contributed by atoms with E-state index in [0.717, 1.165) is 89.9 Å². The topological polar surface area (TPSA) is 111 Å². The van der Waals surface area contributed by atoms with Gasteiger partial charge < -0.3 is 19.4 Å². The highest BCUT2D eigenvalue weighted by molar-refractivity contribution is 7.47. The summed E-state index contributed by atoms with van der Waals surface area (Å²) in [5.41, 5.74) is 0. The van der Waals surface area contributed by atoms with Crippen LogP contribution in [0.1, 0.15) is 290 Å². The van der Waals surface area contributed by atoms with E-state index in [2.05, 4.69) is 74.7 Å². The van der Waals surface area contributed by atoms with Crippen LogP contribution in [0.4, 0.5) is 0 Å². The van der Waals surface area contributed by atoms with E-state index < -0.39 is 20.0 Å². The molecule has 0 bridgehead atoms. The Balaban J connectivity index is 5.16. The lowest BCUT2D eigenvalue weighted by Gasteiger charge is -2.27. The SMILES string of the molecule is CC/C=C/C/C=C/C/C=C/CCCCCCC(=O)NC(COP(=O)(O)OCC[N+](C)(C)C)C(/C=C\CCCCCCCCCCCC)OC(=O)CCCCCCCCCCCCCCC/C=C/CCCCCCCC. The van der Waals surface area contributed by atoms with Gasteiger partial charge >= 0.3 is 13.8 Å². The number of ether oxygens (including phenoxy) is 1. The predicted octanol–water partition coefficient (Wildman–Crippen LogP) is 19.4. The Kier molecular flexibility index (Phi) is 53.4. The molecule has 0 heterocycles. The summed E-state index contributed by atoms with van der Waals surface area (Å²) in [5, 5.41) is 3.04. The molecule has 0 spiro atoms. The summed E-state index contributed by atoms with van der Waals surface area (Å²) in [7, 11) is 1.48. The third kappa shape index (κ3) is 56.2. The molecule has 0 aliphatic carbocycles. The highest BCUT2D eigenvalue weighted by Crippen LogP contribution is 2.43. The van der Waals surface area contributed by atoms with Crippen molar-refractivity contribution in [2.24, 2.45) is 0 Å². The van der Waals surface area contributed by atoms with Crippen LogP contribution in [-0.4, -0.2) is 74.3 Å². The first-order valence-electron chi connectivity index (χ1n) is 31.6. The van der Waals surface area contributed by atoms with Gasteiger partial charge in [-0.3, -0.25) is 18.6 Å². The fourth-order valence-electron chi connectivity index (χ4n) is 9.07. The van der Waals surface area contributed by atoms with Crippen LogP contribution >= 0.6 is 7.82 Å². The van der Waals surface area contributed by atoms with E-state index in [4.69, 9.17) is 13.8 Å². The lowest BCUT2D eigenvalue weighted by atomic mass is 10.0. The first-order valence-corrected chi connectivity index (χ1v) is 33.1. The molecule has 10 heteroatoms. The number of phosphoric acid groups is 1. The highest BCUT2D eigenvalue weighted by atomic mass is 31.2. The maximum Gasteiger partial charge on any atom is 0.472 e. The molecular weight excluding hydrogens is 952 g/mol. The summed E-state index contributed by atoms with van der Waals surface area (Å²) in [4.78, 5) is 37.7. The average Bonchev–Trinajstić information content (AvgIpc) is 3.37. The van der Waals surface area contributed by atoms with Gasteiger partial charge in [0.05, 0.1) is 33.8 Å². The molecule has 0 aromatic carbocycles. The first-order chi connectivity index (χ1) is 36.4. The van der Waals surface area contributed by atoms with Gasteiger partial charge in [-0.2, -0.15) is 0 Å². The number of likely N-dealkylation sites (N-methyl/N-ethyl adjacent to an activating group) is 1. The number of allylic oxidation sites excluding steroid dienone is 9. The minimum absolute atomic E-state index is 0.0350. The molecular formula is C65H122N2O7P+. The minimum Gasteiger partial charge on any atom is -0.456 e. The number of hydrogen-bond donors (Lipinski definition) is 2. The van der Waals surface area contributed by atoms with Crippen LogP contribution < -0.4 is 5.32 Å². The minimum atomic E-state index is -4.45. The van der Waals surface area contributed by atoms with E-state index in [-0.39, 0.29) is 31.5 Å². The van der Waals surface area contributed by atoms with Crippen LogP contribution in [0.3, 0.4) is 0 Å². The number of nitrogens with one attached hydrogen (secondary N) is 1. The lowest BCUT2D eigenvalue weighted by molar-refractivity contribution is -0.870. The molecule has 9 nitrogen and oxygen atoms in total. The van der Waals surface area contributed by atoms with Crippen molar-refractivity contribution in [2.45, 2.75) is 303 Å². The van der Waals surface area contributed by atoms with E-state index in [1.807, 2.05) is 33.3 Å². The zero-order valence-electron chi connectivity index (χ0n) is 50.0. The maximum absolute atomic E-state index is 13.5. The molecule has 0 fully saturated rings. The third-order valence-corrected chi connectivity index (χ3v) is 14.9. The van der Waals surface area contributed by atoms with Crippen molar-refractivity contribution < 1.29 is 37.3 Å².